The summed E-state index contributed by atoms with van der Waals surface area (Å²) in [6.07, 6.45) is 5.55. The molecule has 12 nitrogen and oxygen atoms in total. The van der Waals surface area contributed by atoms with Crippen LogP contribution in [0.1, 0.15) is 73.8 Å². The predicted octanol–water partition coefficient (Wildman–Crippen LogP) is 3.00. The molecule has 2 aliphatic carbocycles. The average molecular weight is 608 g/mol. The normalized spacial score (nSPS) is 33.1. The van der Waals surface area contributed by atoms with Gasteiger partial charge in [-0.1, -0.05) is 5.16 Å². The van der Waals surface area contributed by atoms with E-state index in [2.05, 4.69) is 26.1 Å². The third-order valence-electron chi connectivity index (χ3n) is 10.4. The summed E-state index contributed by atoms with van der Waals surface area (Å²) in [6, 6.07) is 2.39. The van der Waals surface area contributed by atoms with Crippen LogP contribution in [0.3, 0.4) is 0 Å². The summed E-state index contributed by atoms with van der Waals surface area (Å²) in [5.74, 6) is 1.44. The van der Waals surface area contributed by atoms with Crippen molar-refractivity contribution in [2.24, 2.45) is 5.92 Å². The molecule has 3 N–H and O–H groups in total. The van der Waals surface area contributed by atoms with E-state index in [4.69, 9.17) is 25.0 Å². The Morgan fingerprint density at radius 1 is 1.19 bits per heavy atom. The van der Waals surface area contributed by atoms with Crippen LogP contribution in [0, 0.1) is 17.2 Å². The molecule has 0 spiro atoms. The van der Waals surface area contributed by atoms with E-state index in [9.17, 15) is 14.8 Å². The Morgan fingerprint density at radius 3 is 2.91 bits per heavy atom. The minimum Gasteiger partial charge on any atom is -0.461 e. The summed E-state index contributed by atoms with van der Waals surface area (Å²) in [5, 5.41) is 25.5. The molecule has 0 bridgehead atoms. The fourth-order valence-electron chi connectivity index (χ4n) is 7.97. The first-order valence-electron chi connectivity index (χ1n) is 15.1. The molecule has 0 amide bonds. The molecule has 43 heavy (non-hydrogen) atoms. The molecule has 4 fully saturated rings. The zero-order valence-corrected chi connectivity index (χ0v) is 24.9. The third-order valence-corrected chi connectivity index (χ3v) is 11.5. The van der Waals surface area contributed by atoms with Gasteiger partial charge in [0.15, 0.2) is 0 Å². The Labute approximate surface area is 252 Å². The Bertz CT molecular complexity index is 1640. The Kier molecular flexibility index (Phi) is 6.03. The van der Waals surface area contributed by atoms with Crippen LogP contribution in [0.25, 0.3) is 11.6 Å². The quantitative estimate of drug-likeness (QED) is 0.422. The highest BCUT2D eigenvalue weighted by Crippen LogP contribution is 2.50. The Balaban J connectivity index is 1.14. The summed E-state index contributed by atoms with van der Waals surface area (Å²) >= 11 is 1.45. The minimum absolute atomic E-state index is 0.114. The fraction of sp³-hybridized carbons (Fsp3) is 0.655. The number of aliphatic hydroxyl groups is 1. The number of nitrogens with two attached hydrogens (primary N) is 1. The molecule has 3 aliphatic heterocycles. The minimum atomic E-state index is -0.867. The molecule has 5 atom stereocenters. The van der Waals surface area contributed by atoms with Crippen LogP contribution >= 0.6 is 11.3 Å². The number of β-amino-alcohol motifs (C(OH)–C–C–N with tert-alkyl or cyclic N) is 1. The number of hydrogen-bond acceptors (Lipinski definition) is 13. The standard InChI is InChI=1S/C29H34FN9O3S/c1-27(6-2-4-19-20(27)18(12-31)21(32)43-19)24-33-23(37-42-24)22-34-25(38-9-5-16-10-29(16,40)14-38)36-26(35-22)41-15-28-7-3-8-39(28)13-17(30)11-28/h16-17,40H,2-11,13-15,32H2,1H3/t16?,17-,27+,28+,29?/m1/s1. The molecule has 0 aromatic carbocycles. The van der Waals surface area contributed by atoms with Crippen molar-refractivity contribution in [2.45, 2.75) is 81.0 Å². The largest absolute Gasteiger partial charge is 0.461 e. The van der Waals surface area contributed by atoms with Gasteiger partial charge in [-0.2, -0.15) is 25.2 Å². The molecule has 1 saturated carbocycles. The van der Waals surface area contributed by atoms with Gasteiger partial charge in [0.1, 0.15) is 23.8 Å². The first-order chi connectivity index (χ1) is 20.7. The van der Waals surface area contributed by atoms with Gasteiger partial charge in [-0.25, -0.2) is 4.39 Å². The number of nitrogen functional groups attached to an aromatic ring is 1. The Hall–Kier alpha value is -3.41. The number of ether oxygens (including phenoxy) is 1. The number of rotatable bonds is 6. The summed E-state index contributed by atoms with van der Waals surface area (Å²) in [5.41, 5.74) is 5.79. The van der Waals surface area contributed by atoms with E-state index < -0.39 is 17.2 Å². The molecule has 5 aliphatic rings. The number of fused-ring (bicyclic) bond motifs is 3. The van der Waals surface area contributed by atoms with Crippen LogP contribution < -0.4 is 15.4 Å². The third kappa shape index (κ3) is 4.30. The summed E-state index contributed by atoms with van der Waals surface area (Å²) in [6.45, 7) is 4.70. The Morgan fingerprint density at radius 2 is 2.07 bits per heavy atom. The lowest BCUT2D eigenvalue weighted by Gasteiger charge is -2.31. The van der Waals surface area contributed by atoms with Crippen molar-refractivity contribution >= 4 is 22.3 Å². The van der Waals surface area contributed by atoms with E-state index in [0.29, 0.717) is 54.4 Å². The number of alkyl halides is 1. The molecule has 2 unspecified atom stereocenters. The molecule has 3 aromatic rings. The van der Waals surface area contributed by atoms with Crippen molar-refractivity contribution in [2.75, 3.05) is 43.4 Å². The number of thiophene rings is 1. The first kappa shape index (κ1) is 27.2. The van der Waals surface area contributed by atoms with Crippen LogP contribution in [0.5, 0.6) is 6.01 Å². The molecule has 226 valence electrons. The molecule has 8 rings (SSSR count). The lowest BCUT2D eigenvalue weighted by Crippen LogP contribution is -2.44. The van der Waals surface area contributed by atoms with E-state index >= 15 is 0 Å². The molecular formula is C29H34FN9O3S. The predicted molar refractivity (Wildman–Crippen MR) is 154 cm³/mol. The van der Waals surface area contributed by atoms with E-state index in [-0.39, 0.29) is 29.8 Å². The van der Waals surface area contributed by atoms with E-state index in [0.717, 1.165) is 61.9 Å². The highest BCUT2D eigenvalue weighted by Gasteiger charge is 2.56. The molecule has 14 heteroatoms. The zero-order valence-electron chi connectivity index (χ0n) is 24.1. The highest BCUT2D eigenvalue weighted by molar-refractivity contribution is 7.16. The average Bonchev–Trinajstić information content (AvgIpc) is 3.43. The summed E-state index contributed by atoms with van der Waals surface area (Å²) in [4.78, 5) is 23.9. The number of aryl methyl sites for hydroxylation is 1. The van der Waals surface area contributed by atoms with E-state index in [1.54, 1.807) is 0 Å². The van der Waals surface area contributed by atoms with Crippen LogP contribution in [-0.4, -0.2) is 85.2 Å². The van der Waals surface area contributed by atoms with Gasteiger partial charge in [-0.05, 0) is 64.3 Å². The number of anilines is 2. The SMILES string of the molecule is C[C@]1(c2nc(-c3nc(OC[C@@]45CCCN4C[C@H](F)C5)nc(N4CCC5CC5(O)C4)n3)no2)CCCc2sc(N)c(C#N)c21. The molecule has 0 radical (unpaired) electrons. The lowest BCUT2D eigenvalue weighted by atomic mass is 9.72. The van der Waals surface area contributed by atoms with E-state index in [1.165, 1.54) is 11.3 Å². The molecule has 3 saturated heterocycles. The van der Waals surface area contributed by atoms with Gasteiger partial charge in [0.25, 0.3) is 0 Å². The van der Waals surface area contributed by atoms with Gasteiger partial charge in [0, 0.05) is 36.5 Å². The van der Waals surface area contributed by atoms with Crippen molar-refractivity contribution in [3.63, 3.8) is 0 Å². The van der Waals surface area contributed by atoms with Crippen molar-refractivity contribution in [1.82, 2.24) is 30.0 Å². The molecule has 3 aromatic heterocycles. The number of nitrogens with zero attached hydrogens (tertiary/aromatic N) is 8. The van der Waals surface area contributed by atoms with E-state index in [1.807, 2.05) is 11.8 Å². The number of hydrogen-bond donors (Lipinski definition) is 2. The second-order valence-corrected chi connectivity index (χ2v) is 14.3. The second-order valence-electron chi connectivity index (χ2n) is 13.2. The molecule has 6 heterocycles. The maximum absolute atomic E-state index is 14.4. The monoisotopic (exact) mass is 607 g/mol. The number of nitriles is 1. The van der Waals surface area contributed by atoms with Gasteiger partial charge in [-0.3, -0.25) is 4.90 Å². The first-order valence-corrected chi connectivity index (χ1v) is 15.9. The molecular weight excluding hydrogens is 573 g/mol. The smallest absolute Gasteiger partial charge is 0.321 e. The number of halogens is 1. The van der Waals surface area contributed by atoms with Gasteiger partial charge in [-0.15, -0.1) is 11.3 Å². The van der Waals surface area contributed by atoms with Crippen LogP contribution in [0.4, 0.5) is 15.3 Å². The zero-order chi connectivity index (χ0) is 29.6. The van der Waals surface area contributed by atoms with Gasteiger partial charge in [0.05, 0.1) is 22.1 Å². The van der Waals surface area contributed by atoms with Crippen molar-refractivity contribution in [3.8, 4) is 23.7 Å². The summed E-state index contributed by atoms with van der Waals surface area (Å²) in [7, 11) is 0. The van der Waals surface area contributed by atoms with Gasteiger partial charge >= 0.3 is 6.01 Å². The van der Waals surface area contributed by atoms with Crippen molar-refractivity contribution in [3.05, 3.63) is 21.9 Å². The lowest BCUT2D eigenvalue weighted by molar-refractivity contribution is 0.107. The van der Waals surface area contributed by atoms with Crippen LogP contribution in [0.15, 0.2) is 4.52 Å². The van der Waals surface area contributed by atoms with Crippen LogP contribution in [0.2, 0.25) is 0 Å². The highest BCUT2D eigenvalue weighted by atomic mass is 32.1. The number of aromatic nitrogens is 5. The van der Waals surface area contributed by atoms with Crippen LogP contribution in [-0.2, 0) is 11.8 Å². The summed E-state index contributed by atoms with van der Waals surface area (Å²) < 4.78 is 26.5. The maximum Gasteiger partial charge on any atom is 0.321 e. The van der Waals surface area contributed by atoms with Crippen molar-refractivity contribution < 1.29 is 18.8 Å². The topological polar surface area (TPSA) is 163 Å². The van der Waals surface area contributed by atoms with Gasteiger partial charge in [0.2, 0.25) is 23.5 Å². The van der Waals surface area contributed by atoms with Crippen molar-refractivity contribution in [1.29, 1.82) is 5.26 Å². The van der Waals surface area contributed by atoms with Gasteiger partial charge < -0.3 is 25.0 Å². The fourth-order valence-corrected chi connectivity index (χ4v) is 9.16. The second kappa shape index (κ2) is 9.54. The number of piperidine rings is 1. The maximum atomic E-state index is 14.4.